The van der Waals surface area contributed by atoms with E-state index in [1.165, 1.54) is 18.3 Å². The number of aliphatic hydroxyl groups is 1. The van der Waals surface area contributed by atoms with Gasteiger partial charge in [0.05, 0.1) is 0 Å². The molecule has 0 saturated heterocycles. The zero-order chi connectivity index (χ0) is 9.84. The summed E-state index contributed by atoms with van der Waals surface area (Å²) in [5, 5.41) is 9.51. The second kappa shape index (κ2) is 4.14. The first-order valence-electron chi connectivity index (χ1n) is 4.04. The lowest BCUT2D eigenvalue weighted by atomic mass is 10.1. The Hall–Kier alpha value is -1.22. The van der Waals surface area contributed by atoms with Crippen LogP contribution in [-0.2, 0) is 0 Å². The van der Waals surface area contributed by atoms with E-state index < -0.39 is 11.9 Å². The zero-order valence-corrected chi connectivity index (χ0v) is 7.50. The predicted octanol–water partition coefficient (Wildman–Crippen LogP) is 2.22. The van der Waals surface area contributed by atoms with E-state index in [1.807, 2.05) is 0 Å². The van der Waals surface area contributed by atoms with Crippen LogP contribution in [0.3, 0.4) is 0 Å². The highest BCUT2D eigenvalue weighted by Gasteiger charge is 2.13. The number of rotatable bonds is 3. The van der Waals surface area contributed by atoms with Crippen LogP contribution in [0.5, 0.6) is 0 Å². The zero-order valence-electron chi connectivity index (χ0n) is 7.50. The van der Waals surface area contributed by atoms with Gasteiger partial charge in [-0.05, 0) is 25.5 Å². The van der Waals surface area contributed by atoms with Crippen LogP contribution in [0.1, 0.15) is 25.1 Å². The summed E-state index contributed by atoms with van der Waals surface area (Å²) in [6.07, 6.45) is 0.909. The number of pyridine rings is 1. The van der Waals surface area contributed by atoms with Gasteiger partial charge in [0.25, 0.3) is 0 Å². The molecule has 13 heavy (non-hydrogen) atoms. The number of nitrogens with zero attached hydrogens (tertiary/aromatic N) is 1. The predicted molar refractivity (Wildman–Crippen MR) is 48.6 cm³/mol. The van der Waals surface area contributed by atoms with E-state index in [0.717, 1.165) is 5.57 Å². The highest BCUT2D eigenvalue weighted by molar-refractivity contribution is 5.11. The molecule has 0 spiro atoms. The summed E-state index contributed by atoms with van der Waals surface area (Å²) in [4.78, 5) is 3.77. The molecule has 0 aliphatic carbocycles. The number of halogens is 1. The lowest BCUT2D eigenvalue weighted by Gasteiger charge is -2.09. The molecule has 1 heterocycles. The molecule has 1 aromatic heterocycles. The molecule has 1 rings (SSSR count). The van der Waals surface area contributed by atoms with Crippen LogP contribution in [0.2, 0.25) is 0 Å². The van der Waals surface area contributed by atoms with Crippen molar-refractivity contribution in [2.45, 2.75) is 19.4 Å². The smallest absolute Gasteiger partial charge is 0.147 e. The highest BCUT2D eigenvalue weighted by atomic mass is 19.1. The number of hydrogen-bond acceptors (Lipinski definition) is 2. The van der Waals surface area contributed by atoms with Crippen molar-refractivity contribution in [3.63, 3.8) is 0 Å². The normalized spacial score (nSPS) is 12.5. The van der Waals surface area contributed by atoms with Crippen LogP contribution in [0, 0.1) is 5.82 Å². The lowest BCUT2D eigenvalue weighted by molar-refractivity contribution is 0.168. The first-order valence-corrected chi connectivity index (χ1v) is 4.04. The van der Waals surface area contributed by atoms with Crippen molar-refractivity contribution >= 4 is 0 Å². The Balaban J connectivity index is 2.82. The molecule has 3 heteroatoms. The first-order chi connectivity index (χ1) is 6.11. The van der Waals surface area contributed by atoms with Gasteiger partial charge in [-0.15, -0.1) is 6.58 Å². The molecule has 0 aromatic carbocycles. The Morgan fingerprint density at radius 2 is 2.46 bits per heavy atom. The molecule has 70 valence electrons. The maximum absolute atomic E-state index is 13.0. The minimum absolute atomic E-state index is 0.0884. The molecule has 0 aliphatic rings. The molecule has 0 radical (unpaired) electrons. The van der Waals surface area contributed by atoms with Gasteiger partial charge in [-0.2, -0.15) is 0 Å². The monoisotopic (exact) mass is 181 g/mol. The van der Waals surface area contributed by atoms with Crippen molar-refractivity contribution in [1.29, 1.82) is 0 Å². The Kier molecular flexibility index (Phi) is 3.14. The molecule has 0 amide bonds. The molecule has 0 fully saturated rings. The summed E-state index contributed by atoms with van der Waals surface area (Å²) < 4.78 is 13.0. The largest absolute Gasteiger partial charge is 0.386 e. The van der Waals surface area contributed by atoms with Gasteiger partial charge < -0.3 is 5.11 Å². The standard InChI is InChI=1S/C10H12FNO/c1-7(2)6-9(13)10-8(11)4-3-5-12-10/h3-5,9,13H,1,6H2,2H3. The number of aromatic nitrogens is 1. The maximum atomic E-state index is 13.0. The molecule has 2 nitrogen and oxygen atoms in total. The minimum atomic E-state index is -0.890. The van der Waals surface area contributed by atoms with Gasteiger partial charge in [0.15, 0.2) is 0 Å². The Labute approximate surface area is 76.7 Å². The molecular formula is C10H12FNO. The van der Waals surface area contributed by atoms with Crippen LogP contribution in [0.25, 0.3) is 0 Å². The Morgan fingerprint density at radius 1 is 1.77 bits per heavy atom. The molecule has 1 atom stereocenters. The summed E-state index contributed by atoms with van der Waals surface area (Å²) in [5.74, 6) is -0.476. The summed E-state index contributed by atoms with van der Waals surface area (Å²) in [7, 11) is 0. The molecule has 1 aromatic rings. The van der Waals surface area contributed by atoms with Crippen LogP contribution in [0.15, 0.2) is 30.5 Å². The molecule has 1 unspecified atom stereocenters. The third-order valence-electron chi connectivity index (χ3n) is 1.64. The van der Waals surface area contributed by atoms with Gasteiger partial charge >= 0.3 is 0 Å². The van der Waals surface area contributed by atoms with E-state index in [-0.39, 0.29) is 5.69 Å². The fourth-order valence-electron chi connectivity index (χ4n) is 1.07. The van der Waals surface area contributed by atoms with Gasteiger partial charge in [-0.25, -0.2) is 4.39 Å². The van der Waals surface area contributed by atoms with Crippen molar-refractivity contribution in [1.82, 2.24) is 4.98 Å². The van der Waals surface area contributed by atoms with Crippen molar-refractivity contribution < 1.29 is 9.50 Å². The highest BCUT2D eigenvalue weighted by Crippen LogP contribution is 2.19. The molecular weight excluding hydrogens is 169 g/mol. The van der Waals surface area contributed by atoms with E-state index in [4.69, 9.17) is 0 Å². The molecule has 0 bridgehead atoms. The number of hydrogen-bond donors (Lipinski definition) is 1. The van der Waals surface area contributed by atoms with E-state index in [0.29, 0.717) is 6.42 Å². The van der Waals surface area contributed by atoms with Crippen LogP contribution in [-0.4, -0.2) is 10.1 Å². The molecule has 0 aliphatic heterocycles. The molecule has 0 saturated carbocycles. The van der Waals surface area contributed by atoms with Crippen molar-refractivity contribution in [2.75, 3.05) is 0 Å². The van der Waals surface area contributed by atoms with Crippen molar-refractivity contribution in [2.24, 2.45) is 0 Å². The fourth-order valence-corrected chi connectivity index (χ4v) is 1.07. The summed E-state index contributed by atoms with van der Waals surface area (Å²) >= 11 is 0. The average Bonchev–Trinajstić information content (AvgIpc) is 2.03. The average molecular weight is 181 g/mol. The molecule has 1 N–H and O–H groups in total. The third-order valence-corrected chi connectivity index (χ3v) is 1.64. The summed E-state index contributed by atoms with van der Waals surface area (Å²) in [5.41, 5.74) is 0.892. The van der Waals surface area contributed by atoms with Crippen LogP contribution in [0.4, 0.5) is 4.39 Å². The van der Waals surface area contributed by atoms with Crippen molar-refractivity contribution in [3.05, 3.63) is 42.0 Å². The second-order valence-corrected chi connectivity index (χ2v) is 3.05. The van der Waals surface area contributed by atoms with Gasteiger partial charge in [-0.3, -0.25) is 4.98 Å². The van der Waals surface area contributed by atoms with Gasteiger partial charge in [0.1, 0.15) is 17.6 Å². The topological polar surface area (TPSA) is 33.1 Å². The van der Waals surface area contributed by atoms with E-state index in [2.05, 4.69) is 11.6 Å². The van der Waals surface area contributed by atoms with Gasteiger partial charge in [0, 0.05) is 6.20 Å². The lowest BCUT2D eigenvalue weighted by Crippen LogP contribution is -2.03. The fraction of sp³-hybridized carbons (Fsp3) is 0.300. The van der Waals surface area contributed by atoms with Gasteiger partial charge in [-0.1, -0.05) is 5.57 Å². The SMILES string of the molecule is C=C(C)CC(O)c1ncccc1F. The van der Waals surface area contributed by atoms with E-state index in [9.17, 15) is 9.50 Å². The number of aliphatic hydroxyl groups excluding tert-OH is 1. The quantitative estimate of drug-likeness (QED) is 0.725. The van der Waals surface area contributed by atoms with Crippen LogP contribution >= 0.6 is 0 Å². The second-order valence-electron chi connectivity index (χ2n) is 3.05. The van der Waals surface area contributed by atoms with E-state index >= 15 is 0 Å². The van der Waals surface area contributed by atoms with Crippen LogP contribution < -0.4 is 0 Å². The third kappa shape index (κ3) is 2.63. The van der Waals surface area contributed by atoms with Crippen molar-refractivity contribution in [3.8, 4) is 0 Å². The van der Waals surface area contributed by atoms with Gasteiger partial charge in [0.2, 0.25) is 0 Å². The first kappa shape index (κ1) is 9.86. The maximum Gasteiger partial charge on any atom is 0.147 e. The summed E-state index contributed by atoms with van der Waals surface area (Å²) in [6, 6.07) is 2.77. The van der Waals surface area contributed by atoms with E-state index in [1.54, 1.807) is 6.92 Å². The minimum Gasteiger partial charge on any atom is -0.386 e. The summed E-state index contributed by atoms with van der Waals surface area (Å²) in [6.45, 7) is 5.42. The Bertz CT molecular complexity index is 312. The Morgan fingerprint density at radius 3 is 3.00 bits per heavy atom.